The molecule has 1 amide bonds. The quantitative estimate of drug-likeness (QED) is 0.541. The molecule has 0 aliphatic rings. The van der Waals surface area contributed by atoms with Crippen molar-refractivity contribution in [3.8, 4) is 17.1 Å². The van der Waals surface area contributed by atoms with Gasteiger partial charge in [0.25, 0.3) is 5.91 Å². The number of carbonyl (C=O) groups excluding carboxylic acids is 1. The van der Waals surface area contributed by atoms with Gasteiger partial charge in [-0.3, -0.25) is 4.79 Å². The number of amides is 1. The average molecular weight is 390 g/mol. The molecule has 7 heteroatoms. The summed E-state index contributed by atoms with van der Waals surface area (Å²) in [6, 6.07) is 15.4. The predicted octanol–water partition coefficient (Wildman–Crippen LogP) is 4.84. The Morgan fingerprint density at radius 2 is 1.83 bits per heavy atom. The molecule has 0 saturated carbocycles. The summed E-state index contributed by atoms with van der Waals surface area (Å²) in [5.74, 6) is 0.231. The first-order valence-corrected chi connectivity index (χ1v) is 9.10. The van der Waals surface area contributed by atoms with Crippen LogP contribution >= 0.6 is 0 Å². The lowest BCUT2D eigenvalue weighted by molar-refractivity contribution is 0.102. The molecule has 0 unspecified atom stereocenters. The van der Waals surface area contributed by atoms with Gasteiger partial charge in [0, 0.05) is 29.6 Å². The molecule has 0 spiro atoms. The number of hydrogen-bond acceptors (Lipinski definition) is 4. The second-order valence-corrected chi connectivity index (χ2v) is 6.73. The molecular formula is C22H19FN4O2. The van der Waals surface area contributed by atoms with Crippen molar-refractivity contribution in [1.82, 2.24) is 14.8 Å². The highest BCUT2D eigenvalue weighted by Crippen LogP contribution is 2.25. The number of anilines is 1. The molecule has 0 aliphatic heterocycles. The van der Waals surface area contributed by atoms with Gasteiger partial charge in [-0.05, 0) is 50.2 Å². The third kappa shape index (κ3) is 3.54. The van der Waals surface area contributed by atoms with Gasteiger partial charge in [-0.25, -0.2) is 4.39 Å². The van der Waals surface area contributed by atoms with Crippen molar-refractivity contribution in [1.29, 1.82) is 0 Å². The minimum absolute atomic E-state index is 0.278. The zero-order valence-electron chi connectivity index (χ0n) is 16.2. The maximum atomic E-state index is 14.3. The second kappa shape index (κ2) is 7.35. The molecule has 0 saturated heterocycles. The summed E-state index contributed by atoms with van der Waals surface area (Å²) in [5.41, 5.74) is 3.63. The van der Waals surface area contributed by atoms with E-state index >= 15 is 0 Å². The Balaban J connectivity index is 1.63. The van der Waals surface area contributed by atoms with E-state index in [9.17, 15) is 9.18 Å². The van der Waals surface area contributed by atoms with Crippen LogP contribution in [-0.2, 0) is 0 Å². The first-order chi connectivity index (χ1) is 13.9. The Bertz CT molecular complexity index is 1210. The minimum Gasteiger partial charge on any atom is -0.421 e. The molecule has 1 N–H and O–H groups in total. The zero-order valence-corrected chi connectivity index (χ0v) is 16.2. The summed E-state index contributed by atoms with van der Waals surface area (Å²) in [4.78, 5) is 12.9. The number of benzene rings is 2. The summed E-state index contributed by atoms with van der Waals surface area (Å²) < 4.78 is 21.4. The van der Waals surface area contributed by atoms with Gasteiger partial charge in [-0.15, -0.1) is 10.2 Å². The fourth-order valence-electron chi connectivity index (χ4n) is 3.34. The average Bonchev–Trinajstić information content (AvgIpc) is 3.26. The Morgan fingerprint density at radius 1 is 1.03 bits per heavy atom. The lowest BCUT2D eigenvalue weighted by atomic mass is 10.2. The van der Waals surface area contributed by atoms with Crippen LogP contribution in [0.4, 0.5) is 10.1 Å². The van der Waals surface area contributed by atoms with Crippen LogP contribution < -0.4 is 5.32 Å². The normalized spacial score (nSPS) is 10.9. The van der Waals surface area contributed by atoms with Crippen LogP contribution in [0.3, 0.4) is 0 Å². The van der Waals surface area contributed by atoms with Gasteiger partial charge >= 0.3 is 0 Å². The van der Waals surface area contributed by atoms with Crippen LogP contribution in [0.25, 0.3) is 17.1 Å². The van der Waals surface area contributed by atoms with Crippen molar-refractivity contribution in [3.05, 3.63) is 83.3 Å². The third-order valence-electron chi connectivity index (χ3n) is 4.66. The number of aromatic nitrogens is 3. The van der Waals surface area contributed by atoms with E-state index in [0.29, 0.717) is 40.0 Å². The molecule has 29 heavy (non-hydrogen) atoms. The fraction of sp³-hybridized carbons (Fsp3) is 0.136. The van der Waals surface area contributed by atoms with E-state index in [1.807, 2.05) is 13.0 Å². The van der Waals surface area contributed by atoms with E-state index in [1.54, 1.807) is 60.9 Å². The molecule has 2 aromatic heterocycles. The Kier molecular flexibility index (Phi) is 4.72. The molecule has 0 bridgehead atoms. The van der Waals surface area contributed by atoms with Crippen molar-refractivity contribution in [2.45, 2.75) is 20.8 Å². The molecule has 146 valence electrons. The van der Waals surface area contributed by atoms with E-state index in [0.717, 1.165) is 5.69 Å². The van der Waals surface area contributed by atoms with Gasteiger partial charge in [0.2, 0.25) is 11.8 Å². The van der Waals surface area contributed by atoms with Crippen molar-refractivity contribution < 1.29 is 13.6 Å². The molecule has 0 aliphatic carbocycles. The molecule has 6 nitrogen and oxygen atoms in total. The summed E-state index contributed by atoms with van der Waals surface area (Å²) in [5, 5.41) is 10.7. The van der Waals surface area contributed by atoms with Gasteiger partial charge in [-0.2, -0.15) is 0 Å². The van der Waals surface area contributed by atoms with E-state index in [2.05, 4.69) is 15.5 Å². The number of carbonyl (C=O) groups is 1. The van der Waals surface area contributed by atoms with Crippen LogP contribution in [0.1, 0.15) is 27.6 Å². The van der Waals surface area contributed by atoms with Crippen LogP contribution in [-0.4, -0.2) is 20.7 Å². The number of halogens is 1. The highest BCUT2D eigenvalue weighted by Gasteiger charge is 2.18. The smallest absolute Gasteiger partial charge is 0.257 e. The van der Waals surface area contributed by atoms with Gasteiger partial charge in [0.05, 0.1) is 11.3 Å². The number of aryl methyl sites for hydroxylation is 2. The first kappa shape index (κ1) is 18.6. The van der Waals surface area contributed by atoms with Gasteiger partial charge in [-0.1, -0.05) is 18.2 Å². The van der Waals surface area contributed by atoms with Crippen molar-refractivity contribution in [3.63, 3.8) is 0 Å². The number of nitrogens with zero attached hydrogens (tertiary/aromatic N) is 3. The van der Waals surface area contributed by atoms with E-state index < -0.39 is 0 Å². The standard InChI is InChI=1S/C22H19FN4O2/c1-13-11-18(14(2)27(13)20-10-5-4-9-19(20)23)21(28)24-17-8-6-7-16(12-17)22-26-25-15(3)29-22/h4-12H,1-3H3,(H,24,28). The summed E-state index contributed by atoms with van der Waals surface area (Å²) in [6.07, 6.45) is 0. The number of para-hydroxylation sites is 1. The highest BCUT2D eigenvalue weighted by molar-refractivity contribution is 6.05. The predicted molar refractivity (Wildman–Crippen MR) is 108 cm³/mol. The molecule has 4 rings (SSSR count). The number of nitrogens with one attached hydrogen (secondary N) is 1. The topological polar surface area (TPSA) is 73.0 Å². The first-order valence-electron chi connectivity index (χ1n) is 9.10. The summed E-state index contributed by atoms with van der Waals surface area (Å²) in [6.45, 7) is 5.36. The van der Waals surface area contributed by atoms with Crippen LogP contribution in [0.5, 0.6) is 0 Å². The molecule has 0 radical (unpaired) electrons. The number of hydrogen-bond donors (Lipinski definition) is 1. The van der Waals surface area contributed by atoms with Gasteiger partial charge < -0.3 is 14.3 Å². The van der Waals surface area contributed by atoms with Crippen LogP contribution in [0.2, 0.25) is 0 Å². The lowest BCUT2D eigenvalue weighted by Crippen LogP contribution is -2.13. The summed E-state index contributed by atoms with van der Waals surface area (Å²) >= 11 is 0. The van der Waals surface area contributed by atoms with E-state index in [1.165, 1.54) is 6.07 Å². The van der Waals surface area contributed by atoms with Crippen molar-refractivity contribution >= 4 is 11.6 Å². The largest absolute Gasteiger partial charge is 0.421 e. The maximum absolute atomic E-state index is 14.3. The van der Waals surface area contributed by atoms with Crippen molar-refractivity contribution in [2.24, 2.45) is 0 Å². The SMILES string of the molecule is Cc1nnc(-c2cccc(NC(=O)c3cc(C)n(-c4ccccc4F)c3C)c2)o1. The molecule has 0 atom stereocenters. The van der Waals surface area contributed by atoms with Crippen LogP contribution in [0, 0.1) is 26.6 Å². The second-order valence-electron chi connectivity index (χ2n) is 6.73. The van der Waals surface area contributed by atoms with Gasteiger partial charge in [0.1, 0.15) is 5.82 Å². The van der Waals surface area contributed by atoms with E-state index in [4.69, 9.17) is 4.42 Å². The fourth-order valence-corrected chi connectivity index (χ4v) is 3.34. The zero-order chi connectivity index (χ0) is 20.5. The maximum Gasteiger partial charge on any atom is 0.257 e. The summed E-state index contributed by atoms with van der Waals surface area (Å²) in [7, 11) is 0. The van der Waals surface area contributed by atoms with Crippen molar-refractivity contribution in [2.75, 3.05) is 5.32 Å². The van der Waals surface area contributed by atoms with Crippen LogP contribution in [0.15, 0.2) is 59.0 Å². The minimum atomic E-state index is -0.344. The molecular weight excluding hydrogens is 371 g/mol. The van der Waals surface area contributed by atoms with Gasteiger partial charge in [0.15, 0.2) is 0 Å². The monoisotopic (exact) mass is 390 g/mol. The Labute approximate surface area is 167 Å². The molecule has 2 aromatic carbocycles. The number of rotatable bonds is 4. The Morgan fingerprint density at radius 3 is 2.55 bits per heavy atom. The molecule has 4 aromatic rings. The lowest BCUT2D eigenvalue weighted by Gasteiger charge is -2.11. The van der Waals surface area contributed by atoms with E-state index in [-0.39, 0.29) is 11.7 Å². The molecule has 0 fully saturated rings. The Hall–Kier alpha value is -3.74. The third-order valence-corrected chi connectivity index (χ3v) is 4.66. The highest BCUT2D eigenvalue weighted by atomic mass is 19.1. The molecule has 2 heterocycles.